The molecule has 0 atom stereocenters. The average Bonchev–Trinajstić information content (AvgIpc) is 2.44. The molecule has 2 N–H and O–H groups in total. The Labute approximate surface area is 121 Å². The minimum Gasteiger partial charge on any atom is -0.492 e. The Hall–Kier alpha value is -1.54. The Bertz CT molecular complexity index is 449. The van der Waals surface area contributed by atoms with E-state index in [-0.39, 0.29) is 13.2 Å². The summed E-state index contributed by atoms with van der Waals surface area (Å²) in [5, 5.41) is 17.7. The van der Waals surface area contributed by atoms with Gasteiger partial charge >= 0.3 is 0 Å². The van der Waals surface area contributed by atoms with Gasteiger partial charge in [-0.05, 0) is 32.0 Å². The van der Waals surface area contributed by atoms with Gasteiger partial charge in [0, 0.05) is 24.7 Å². The van der Waals surface area contributed by atoms with Crippen LogP contribution in [0.15, 0.2) is 24.3 Å². The lowest BCUT2D eigenvalue weighted by molar-refractivity contribution is 0.141. The maximum absolute atomic E-state index is 9.00. The third-order valence-electron chi connectivity index (χ3n) is 2.91. The molecule has 1 aromatic carbocycles. The second kappa shape index (κ2) is 9.38. The van der Waals surface area contributed by atoms with Gasteiger partial charge in [0.15, 0.2) is 0 Å². The lowest BCUT2D eigenvalue weighted by Crippen LogP contribution is -2.36. The smallest absolute Gasteiger partial charge is 0.120 e. The third kappa shape index (κ3) is 6.07. The highest BCUT2D eigenvalue weighted by atomic mass is 16.5. The van der Waals surface area contributed by atoms with Crippen molar-refractivity contribution >= 4 is 0 Å². The fourth-order valence-corrected chi connectivity index (χ4v) is 1.84. The molecule has 1 rings (SSSR count). The van der Waals surface area contributed by atoms with Gasteiger partial charge in [-0.1, -0.05) is 17.9 Å². The van der Waals surface area contributed by atoms with Crippen molar-refractivity contribution in [3.63, 3.8) is 0 Å². The molecule has 0 saturated heterocycles. The van der Waals surface area contributed by atoms with E-state index >= 15 is 0 Å². The number of aliphatic hydroxyl groups excluding tert-OH is 2. The van der Waals surface area contributed by atoms with Crippen molar-refractivity contribution in [3.05, 3.63) is 29.8 Å². The molecule has 0 radical (unpaired) electrons. The van der Waals surface area contributed by atoms with Crippen molar-refractivity contribution in [1.29, 1.82) is 0 Å². The number of hydrogen-bond donors (Lipinski definition) is 2. The highest BCUT2D eigenvalue weighted by molar-refractivity contribution is 5.39. The predicted molar refractivity (Wildman–Crippen MR) is 79.7 cm³/mol. The summed E-state index contributed by atoms with van der Waals surface area (Å²) in [5.41, 5.74) is 0.827. The minimum atomic E-state index is -0.143. The first kappa shape index (κ1) is 16.5. The third-order valence-corrected chi connectivity index (χ3v) is 2.91. The van der Waals surface area contributed by atoms with Crippen LogP contribution in [0.3, 0.4) is 0 Å². The van der Waals surface area contributed by atoms with E-state index in [2.05, 4.69) is 30.6 Å². The molecule has 0 spiro atoms. The zero-order valence-corrected chi connectivity index (χ0v) is 12.2. The second-order valence-electron chi connectivity index (χ2n) is 4.69. The molecule has 0 aliphatic carbocycles. The van der Waals surface area contributed by atoms with E-state index < -0.39 is 0 Å². The van der Waals surface area contributed by atoms with Gasteiger partial charge in [-0.3, -0.25) is 4.90 Å². The molecular weight excluding hydrogens is 254 g/mol. The SMILES string of the molecule is CC(C)N(CCO)CCOc1cccc(C#CCO)c1. The molecular formula is C16H23NO3. The molecule has 0 heterocycles. The van der Waals surface area contributed by atoms with Crippen LogP contribution in [-0.4, -0.2) is 54.1 Å². The van der Waals surface area contributed by atoms with Crippen molar-refractivity contribution in [1.82, 2.24) is 4.90 Å². The van der Waals surface area contributed by atoms with Gasteiger partial charge in [-0.2, -0.15) is 0 Å². The molecule has 110 valence electrons. The standard InChI is InChI=1S/C16H23NO3/c1-14(2)17(8-11-19)9-12-20-16-7-3-5-15(13-16)6-4-10-18/h3,5,7,13-14,18-19H,8-12H2,1-2H3. The molecule has 4 heteroatoms. The minimum absolute atomic E-state index is 0.143. The summed E-state index contributed by atoms with van der Waals surface area (Å²) in [4.78, 5) is 2.16. The molecule has 4 nitrogen and oxygen atoms in total. The Kier molecular flexibility index (Phi) is 7.74. The quantitative estimate of drug-likeness (QED) is 0.733. The number of benzene rings is 1. The summed E-state index contributed by atoms with van der Waals surface area (Å²) in [7, 11) is 0. The second-order valence-corrected chi connectivity index (χ2v) is 4.69. The van der Waals surface area contributed by atoms with Crippen LogP contribution in [0.5, 0.6) is 5.75 Å². The molecule has 20 heavy (non-hydrogen) atoms. The Morgan fingerprint density at radius 1 is 1.25 bits per heavy atom. The topological polar surface area (TPSA) is 52.9 Å². The van der Waals surface area contributed by atoms with Gasteiger partial charge in [0.05, 0.1) is 6.61 Å². The largest absolute Gasteiger partial charge is 0.492 e. The van der Waals surface area contributed by atoms with Crippen LogP contribution in [0.2, 0.25) is 0 Å². The normalized spacial score (nSPS) is 10.5. The van der Waals surface area contributed by atoms with E-state index in [1.165, 1.54) is 0 Å². The van der Waals surface area contributed by atoms with E-state index in [0.717, 1.165) is 17.9 Å². The van der Waals surface area contributed by atoms with E-state index in [1.54, 1.807) is 0 Å². The number of aliphatic hydroxyl groups is 2. The van der Waals surface area contributed by atoms with Crippen LogP contribution in [0.25, 0.3) is 0 Å². The Morgan fingerprint density at radius 2 is 2.05 bits per heavy atom. The molecule has 0 aliphatic rings. The van der Waals surface area contributed by atoms with Crippen LogP contribution in [0.1, 0.15) is 19.4 Å². The van der Waals surface area contributed by atoms with E-state index in [4.69, 9.17) is 14.9 Å². The van der Waals surface area contributed by atoms with Crippen LogP contribution < -0.4 is 4.74 Å². The van der Waals surface area contributed by atoms with Crippen LogP contribution in [0, 0.1) is 11.8 Å². The van der Waals surface area contributed by atoms with Crippen LogP contribution in [0.4, 0.5) is 0 Å². The Morgan fingerprint density at radius 3 is 2.70 bits per heavy atom. The van der Waals surface area contributed by atoms with Gasteiger partial charge in [-0.15, -0.1) is 0 Å². The van der Waals surface area contributed by atoms with Gasteiger partial charge in [0.2, 0.25) is 0 Å². The average molecular weight is 277 g/mol. The van der Waals surface area contributed by atoms with Gasteiger partial charge < -0.3 is 14.9 Å². The number of nitrogens with zero attached hydrogens (tertiary/aromatic N) is 1. The molecule has 0 saturated carbocycles. The number of hydrogen-bond acceptors (Lipinski definition) is 4. The van der Waals surface area contributed by atoms with Crippen molar-refractivity contribution in [3.8, 4) is 17.6 Å². The molecule has 0 aromatic heterocycles. The fourth-order valence-electron chi connectivity index (χ4n) is 1.84. The maximum Gasteiger partial charge on any atom is 0.120 e. The summed E-state index contributed by atoms with van der Waals surface area (Å²) in [5.74, 6) is 6.23. The zero-order chi connectivity index (χ0) is 14.8. The van der Waals surface area contributed by atoms with Crippen LogP contribution in [-0.2, 0) is 0 Å². The first-order valence-electron chi connectivity index (χ1n) is 6.85. The summed E-state index contributed by atoms with van der Waals surface area (Å²) in [6.45, 7) is 6.20. The fraction of sp³-hybridized carbons (Fsp3) is 0.500. The summed E-state index contributed by atoms with van der Waals surface area (Å²) < 4.78 is 5.70. The molecule has 0 unspecified atom stereocenters. The summed E-state index contributed by atoms with van der Waals surface area (Å²) >= 11 is 0. The molecule has 0 amide bonds. The lowest BCUT2D eigenvalue weighted by atomic mass is 10.2. The number of rotatable bonds is 7. The number of ether oxygens (including phenoxy) is 1. The lowest BCUT2D eigenvalue weighted by Gasteiger charge is -2.25. The molecule has 0 bridgehead atoms. The highest BCUT2D eigenvalue weighted by Gasteiger charge is 2.08. The first-order chi connectivity index (χ1) is 9.67. The monoisotopic (exact) mass is 277 g/mol. The Balaban J connectivity index is 2.48. The van der Waals surface area contributed by atoms with Crippen molar-refractivity contribution < 1.29 is 14.9 Å². The highest BCUT2D eigenvalue weighted by Crippen LogP contribution is 2.12. The van der Waals surface area contributed by atoms with Gasteiger partial charge in [0.25, 0.3) is 0 Å². The van der Waals surface area contributed by atoms with Crippen LogP contribution >= 0.6 is 0 Å². The van der Waals surface area contributed by atoms with E-state index in [0.29, 0.717) is 19.2 Å². The van der Waals surface area contributed by atoms with Crippen molar-refractivity contribution in [2.75, 3.05) is 32.9 Å². The zero-order valence-electron chi connectivity index (χ0n) is 12.2. The first-order valence-corrected chi connectivity index (χ1v) is 6.85. The van der Waals surface area contributed by atoms with Crippen molar-refractivity contribution in [2.45, 2.75) is 19.9 Å². The van der Waals surface area contributed by atoms with E-state index in [9.17, 15) is 0 Å². The molecule has 0 fully saturated rings. The van der Waals surface area contributed by atoms with E-state index in [1.807, 2.05) is 24.3 Å². The molecule has 0 aliphatic heterocycles. The van der Waals surface area contributed by atoms with Gasteiger partial charge in [-0.25, -0.2) is 0 Å². The summed E-state index contributed by atoms with van der Waals surface area (Å²) in [6.07, 6.45) is 0. The predicted octanol–water partition coefficient (Wildman–Crippen LogP) is 1.11. The van der Waals surface area contributed by atoms with Crippen molar-refractivity contribution in [2.24, 2.45) is 0 Å². The molecule has 1 aromatic rings. The van der Waals surface area contributed by atoms with Gasteiger partial charge in [0.1, 0.15) is 19.0 Å². The maximum atomic E-state index is 9.00. The summed E-state index contributed by atoms with van der Waals surface area (Å²) in [6, 6.07) is 7.88.